The lowest BCUT2D eigenvalue weighted by molar-refractivity contribution is 0.0769. The standard InChI is InChI=1S/C17H22N2O5S/c1-9-7-13(9)14-6-5-12(24-14)8-19(4)17(20)15-10(2)23-11(3)16(15)25(18,21)22/h5-6,9,13H,7-8H2,1-4H3,(H2,18,21,22). The van der Waals surface area contributed by atoms with Gasteiger partial charge in [0.2, 0.25) is 10.0 Å². The van der Waals surface area contributed by atoms with Gasteiger partial charge in [0.25, 0.3) is 5.91 Å². The van der Waals surface area contributed by atoms with Crippen LogP contribution in [0.1, 0.15) is 52.7 Å². The van der Waals surface area contributed by atoms with Gasteiger partial charge < -0.3 is 13.7 Å². The largest absolute Gasteiger partial charge is 0.464 e. The molecule has 1 saturated carbocycles. The molecular formula is C17H22N2O5S. The van der Waals surface area contributed by atoms with Crippen LogP contribution < -0.4 is 5.14 Å². The summed E-state index contributed by atoms with van der Waals surface area (Å²) in [4.78, 5) is 13.9. The highest BCUT2D eigenvalue weighted by atomic mass is 32.2. The average Bonchev–Trinajstić information content (AvgIpc) is 2.91. The third-order valence-corrected chi connectivity index (χ3v) is 5.66. The van der Waals surface area contributed by atoms with Gasteiger partial charge >= 0.3 is 0 Å². The quantitative estimate of drug-likeness (QED) is 0.875. The molecule has 2 N–H and O–H groups in total. The minimum Gasteiger partial charge on any atom is -0.464 e. The average molecular weight is 366 g/mol. The molecule has 1 amide bonds. The maximum atomic E-state index is 12.8. The van der Waals surface area contributed by atoms with Crippen LogP contribution >= 0.6 is 0 Å². The van der Waals surface area contributed by atoms with E-state index in [1.165, 1.54) is 11.8 Å². The topological polar surface area (TPSA) is 107 Å². The van der Waals surface area contributed by atoms with Gasteiger partial charge in [-0.05, 0) is 38.3 Å². The van der Waals surface area contributed by atoms with Crippen molar-refractivity contribution in [3.05, 3.63) is 40.7 Å². The molecule has 2 aromatic rings. The molecule has 1 fully saturated rings. The van der Waals surface area contributed by atoms with E-state index in [4.69, 9.17) is 14.0 Å². The van der Waals surface area contributed by atoms with Crippen LogP contribution in [0.4, 0.5) is 0 Å². The van der Waals surface area contributed by atoms with Crippen LogP contribution in [0.5, 0.6) is 0 Å². The number of nitrogens with two attached hydrogens (primary N) is 1. The molecule has 8 heteroatoms. The van der Waals surface area contributed by atoms with Crippen LogP contribution in [0.2, 0.25) is 0 Å². The van der Waals surface area contributed by atoms with Gasteiger partial charge in [0.1, 0.15) is 33.5 Å². The zero-order valence-electron chi connectivity index (χ0n) is 14.7. The lowest BCUT2D eigenvalue weighted by Gasteiger charge is -2.16. The van der Waals surface area contributed by atoms with Gasteiger partial charge in [-0.15, -0.1) is 0 Å². The molecule has 0 radical (unpaired) electrons. The first-order valence-electron chi connectivity index (χ1n) is 8.06. The maximum Gasteiger partial charge on any atom is 0.258 e. The van der Waals surface area contributed by atoms with Crippen molar-refractivity contribution >= 4 is 15.9 Å². The molecular weight excluding hydrogens is 344 g/mol. The number of hydrogen-bond donors (Lipinski definition) is 1. The molecule has 0 aliphatic heterocycles. The lowest BCUT2D eigenvalue weighted by Crippen LogP contribution is -2.28. The molecule has 2 heterocycles. The van der Waals surface area contributed by atoms with Gasteiger partial charge in [-0.2, -0.15) is 0 Å². The summed E-state index contributed by atoms with van der Waals surface area (Å²) < 4.78 is 34.8. The van der Waals surface area contributed by atoms with Crippen molar-refractivity contribution in [1.82, 2.24) is 4.90 Å². The van der Waals surface area contributed by atoms with Crippen molar-refractivity contribution in [3.63, 3.8) is 0 Å². The maximum absolute atomic E-state index is 12.8. The summed E-state index contributed by atoms with van der Waals surface area (Å²) in [5.41, 5.74) is -0.0231. The van der Waals surface area contributed by atoms with E-state index in [1.807, 2.05) is 12.1 Å². The Balaban J connectivity index is 1.82. The van der Waals surface area contributed by atoms with E-state index in [0.717, 1.165) is 12.2 Å². The zero-order chi connectivity index (χ0) is 18.5. The highest BCUT2D eigenvalue weighted by molar-refractivity contribution is 7.89. The predicted octanol–water partition coefficient (Wildman–Crippen LogP) is 2.53. The Kier molecular flexibility index (Phi) is 4.28. The molecule has 3 rings (SSSR count). The van der Waals surface area contributed by atoms with Gasteiger partial charge in [0, 0.05) is 13.0 Å². The summed E-state index contributed by atoms with van der Waals surface area (Å²) in [7, 11) is -2.48. The number of furan rings is 2. The smallest absolute Gasteiger partial charge is 0.258 e. The number of hydrogen-bond acceptors (Lipinski definition) is 5. The second-order valence-corrected chi connectivity index (χ2v) is 8.25. The predicted molar refractivity (Wildman–Crippen MR) is 90.6 cm³/mol. The van der Waals surface area contributed by atoms with Crippen LogP contribution in [0.3, 0.4) is 0 Å². The Morgan fingerprint density at radius 2 is 1.92 bits per heavy atom. The monoisotopic (exact) mass is 366 g/mol. The van der Waals surface area contributed by atoms with E-state index < -0.39 is 15.9 Å². The van der Waals surface area contributed by atoms with E-state index in [2.05, 4.69) is 6.92 Å². The van der Waals surface area contributed by atoms with E-state index in [1.54, 1.807) is 14.0 Å². The molecule has 1 aliphatic rings. The second-order valence-electron chi connectivity index (χ2n) is 6.75. The summed E-state index contributed by atoms with van der Waals surface area (Å²) in [6.07, 6.45) is 1.12. The number of carbonyl (C=O) groups is 1. The summed E-state index contributed by atoms with van der Waals surface area (Å²) in [6, 6.07) is 3.78. The molecule has 2 aromatic heterocycles. The normalized spacial score (nSPS) is 19.9. The number of primary sulfonamides is 1. The highest BCUT2D eigenvalue weighted by Crippen LogP contribution is 2.47. The Bertz CT molecular complexity index is 925. The van der Waals surface area contributed by atoms with E-state index in [9.17, 15) is 13.2 Å². The van der Waals surface area contributed by atoms with Crippen molar-refractivity contribution < 1.29 is 22.0 Å². The Morgan fingerprint density at radius 1 is 1.28 bits per heavy atom. The molecule has 0 saturated heterocycles. The second kappa shape index (κ2) is 6.03. The fraction of sp³-hybridized carbons (Fsp3) is 0.471. The van der Waals surface area contributed by atoms with Crippen LogP contribution in [-0.4, -0.2) is 26.3 Å². The van der Waals surface area contributed by atoms with Crippen molar-refractivity contribution in [2.45, 2.75) is 44.6 Å². The van der Waals surface area contributed by atoms with Crippen LogP contribution in [0, 0.1) is 19.8 Å². The van der Waals surface area contributed by atoms with Crippen LogP contribution in [-0.2, 0) is 16.6 Å². The third kappa shape index (κ3) is 3.36. The minimum absolute atomic E-state index is 0.0231. The summed E-state index contributed by atoms with van der Waals surface area (Å²) >= 11 is 0. The Hall–Kier alpha value is -2.06. The van der Waals surface area contributed by atoms with Crippen LogP contribution in [0.25, 0.3) is 0 Å². The molecule has 0 aromatic carbocycles. The third-order valence-electron chi connectivity index (χ3n) is 4.60. The number of aryl methyl sites for hydroxylation is 2. The molecule has 2 unspecified atom stereocenters. The SMILES string of the molecule is Cc1oc(C)c(S(N)(=O)=O)c1C(=O)N(C)Cc1ccc(C2CC2C)o1. The minimum atomic E-state index is -4.06. The van der Waals surface area contributed by atoms with Crippen molar-refractivity contribution in [2.24, 2.45) is 11.1 Å². The van der Waals surface area contributed by atoms with Gasteiger partial charge in [-0.1, -0.05) is 6.92 Å². The number of amides is 1. The lowest BCUT2D eigenvalue weighted by atomic mass is 10.2. The zero-order valence-corrected chi connectivity index (χ0v) is 15.5. The number of rotatable bonds is 5. The highest BCUT2D eigenvalue weighted by Gasteiger charge is 2.37. The van der Waals surface area contributed by atoms with Gasteiger partial charge in [-0.3, -0.25) is 4.79 Å². The molecule has 1 aliphatic carbocycles. The fourth-order valence-electron chi connectivity index (χ4n) is 3.15. The Labute approximate surface area is 146 Å². The first-order chi connectivity index (χ1) is 11.6. The number of carbonyl (C=O) groups excluding carboxylic acids is 1. The van der Waals surface area contributed by atoms with E-state index in [0.29, 0.717) is 17.6 Å². The molecule has 0 spiro atoms. The van der Waals surface area contributed by atoms with Crippen molar-refractivity contribution in [2.75, 3.05) is 7.05 Å². The fourth-order valence-corrected chi connectivity index (χ4v) is 4.10. The molecule has 136 valence electrons. The summed E-state index contributed by atoms with van der Waals surface area (Å²) in [5.74, 6) is 2.54. The van der Waals surface area contributed by atoms with Gasteiger partial charge in [-0.25, -0.2) is 13.6 Å². The van der Waals surface area contributed by atoms with E-state index >= 15 is 0 Å². The van der Waals surface area contributed by atoms with Crippen LogP contribution in [0.15, 0.2) is 25.9 Å². The van der Waals surface area contributed by atoms with Crippen molar-refractivity contribution in [1.29, 1.82) is 0 Å². The summed E-state index contributed by atoms with van der Waals surface area (Å²) in [5, 5.41) is 5.24. The molecule has 25 heavy (non-hydrogen) atoms. The number of nitrogens with zero attached hydrogens (tertiary/aromatic N) is 1. The summed E-state index contributed by atoms with van der Waals surface area (Å²) in [6.45, 7) is 5.41. The Morgan fingerprint density at radius 3 is 2.48 bits per heavy atom. The first-order valence-corrected chi connectivity index (χ1v) is 9.61. The van der Waals surface area contributed by atoms with E-state index in [-0.39, 0.29) is 28.5 Å². The van der Waals surface area contributed by atoms with Gasteiger partial charge in [0.05, 0.1) is 6.54 Å². The number of sulfonamides is 1. The van der Waals surface area contributed by atoms with Gasteiger partial charge in [0.15, 0.2) is 0 Å². The molecule has 0 bridgehead atoms. The first kappa shape index (κ1) is 17.8. The van der Waals surface area contributed by atoms with Crippen molar-refractivity contribution in [3.8, 4) is 0 Å². The molecule has 2 atom stereocenters. The molecule has 7 nitrogen and oxygen atoms in total.